The van der Waals surface area contributed by atoms with E-state index in [1.807, 2.05) is 0 Å². The molecule has 0 aliphatic heterocycles. The number of ether oxygens (including phenoxy) is 1. The van der Waals surface area contributed by atoms with Crippen LogP contribution in [0.5, 0.6) is 0 Å². The number of nitrogens with one attached hydrogen (secondary N) is 1. The summed E-state index contributed by atoms with van der Waals surface area (Å²) in [6, 6.07) is 0. The summed E-state index contributed by atoms with van der Waals surface area (Å²) in [5, 5.41) is 13.3. The van der Waals surface area contributed by atoms with Crippen LogP contribution < -0.4 is 5.32 Å². The van der Waals surface area contributed by atoms with Crippen molar-refractivity contribution in [2.24, 2.45) is 5.92 Å². The minimum Gasteiger partial charge on any atom is -0.394 e. The van der Waals surface area contributed by atoms with Crippen molar-refractivity contribution in [2.75, 3.05) is 19.8 Å². The van der Waals surface area contributed by atoms with Crippen molar-refractivity contribution >= 4 is 0 Å². The Hall–Kier alpha value is -0.120. The van der Waals surface area contributed by atoms with Gasteiger partial charge >= 0.3 is 0 Å². The largest absolute Gasteiger partial charge is 0.394 e. The highest BCUT2D eigenvalue weighted by Gasteiger charge is 2.36. The molecule has 0 bridgehead atoms. The zero-order chi connectivity index (χ0) is 13.6. The van der Waals surface area contributed by atoms with Gasteiger partial charge in [0.2, 0.25) is 0 Å². The molecule has 19 heavy (non-hydrogen) atoms. The van der Waals surface area contributed by atoms with Crippen LogP contribution >= 0.6 is 0 Å². The van der Waals surface area contributed by atoms with Gasteiger partial charge in [-0.05, 0) is 57.4 Å². The van der Waals surface area contributed by atoms with E-state index in [2.05, 4.69) is 12.2 Å². The zero-order valence-corrected chi connectivity index (χ0v) is 12.5. The van der Waals surface area contributed by atoms with E-state index < -0.39 is 0 Å². The fourth-order valence-electron chi connectivity index (χ4n) is 3.65. The number of rotatable bonds is 7. The van der Waals surface area contributed by atoms with E-state index in [1.54, 1.807) is 0 Å². The van der Waals surface area contributed by atoms with E-state index in [0.29, 0.717) is 6.10 Å². The van der Waals surface area contributed by atoms with Gasteiger partial charge in [0.05, 0.1) is 12.7 Å². The second-order valence-corrected chi connectivity index (χ2v) is 6.57. The topological polar surface area (TPSA) is 41.5 Å². The summed E-state index contributed by atoms with van der Waals surface area (Å²) >= 11 is 0. The Balaban J connectivity index is 1.77. The zero-order valence-electron chi connectivity index (χ0n) is 12.5. The maximum Gasteiger partial charge on any atom is 0.0614 e. The molecule has 0 radical (unpaired) electrons. The van der Waals surface area contributed by atoms with E-state index in [4.69, 9.17) is 4.74 Å². The molecule has 2 aliphatic rings. The highest BCUT2D eigenvalue weighted by atomic mass is 16.5. The number of aliphatic hydroxyl groups excluding tert-OH is 1. The standard InChI is InChI=1S/C16H31NO2/c1-2-10-17-16(13-18)9-5-8-15(11-16)19-12-14-6-3-4-7-14/h14-15,17-18H,2-13H2,1H3. The van der Waals surface area contributed by atoms with E-state index in [-0.39, 0.29) is 12.1 Å². The smallest absolute Gasteiger partial charge is 0.0614 e. The van der Waals surface area contributed by atoms with Crippen LogP contribution in [-0.2, 0) is 4.74 Å². The lowest BCUT2D eigenvalue weighted by atomic mass is 9.80. The molecular weight excluding hydrogens is 238 g/mol. The molecule has 0 aromatic carbocycles. The van der Waals surface area contributed by atoms with Crippen molar-refractivity contribution in [3.05, 3.63) is 0 Å². The van der Waals surface area contributed by atoms with Crippen LogP contribution in [0.15, 0.2) is 0 Å². The summed E-state index contributed by atoms with van der Waals surface area (Å²) in [6.07, 6.45) is 11.4. The molecule has 2 unspecified atom stereocenters. The molecule has 2 N–H and O–H groups in total. The Labute approximate surface area is 118 Å². The van der Waals surface area contributed by atoms with E-state index in [1.165, 1.54) is 38.5 Å². The van der Waals surface area contributed by atoms with E-state index in [0.717, 1.165) is 38.3 Å². The van der Waals surface area contributed by atoms with Crippen molar-refractivity contribution in [1.29, 1.82) is 0 Å². The summed E-state index contributed by atoms with van der Waals surface area (Å²) in [5.41, 5.74) is -0.0748. The third-order valence-corrected chi connectivity index (χ3v) is 4.89. The normalized spacial score (nSPS) is 32.8. The highest BCUT2D eigenvalue weighted by molar-refractivity contribution is 4.94. The molecular formula is C16H31NO2. The predicted molar refractivity (Wildman–Crippen MR) is 78.3 cm³/mol. The Bertz CT molecular complexity index is 253. The molecule has 2 aliphatic carbocycles. The van der Waals surface area contributed by atoms with Gasteiger partial charge in [0, 0.05) is 12.1 Å². The Morgan fingerprint density at radius 1 is 1.21 bits per heavy atom. The maximum absolute atomic E-state index is 9.75. The van der Waals surface area contributed by atoms with Crippen molar-refractivity contribution in [1.82, 2.24) is 5.32 Å². The molecule has 0 aromatic heterocycles. The van der Waals surface area contributed by atoms with Gasteiger partial charge in [-0.3, -0.25) is 0 Å². The quantitative estimate of drug-likeness (QED) is 0.747. The third-order valence-electron chi connectivity index (χ3n) is 4.89. The lowest BCUT2D eigenvalue weighted by Crippen LogP contribution is -2.53. The lowest BCUT2D eigenvalue weighted by Gasteiger charge is -2.40. The minimum atomic E-state index is -0.0748. The maximum atomic E-state index is 9.75. The van der Waals surface area contributed by atoms with Crippen LogP contribution in [0.2, 0.25) is 0 Å². The van der Waals surface area contributed by atoms with Crippen molar-refractivity contribution in [3.63, 3.8) is 0 Å². The van der Waals surface area contributed by atoms with Crippen LogP contribution in [0.25, 0.3) is 0 Å². The molecule has 0 amide bonds. The fraction of sp³-hybridized carbons (Fsp3) is 1.00. The lowest BCUT2D eigenvalue weighted by molar-refractivity contribution is -0.0280. The van der Waals surface area contributed by atoms with Gasteiger partial charge in [0.15, 0.2) is 0 Å². The summed E-state index contributed by atoms with van der Waals surface area (Å²) < 4.78 is 6.15. The van der Waals surface area contributed by atoms with Gasteiger partial charge in [-0.15, -0.1) is 0 Å². The van der Waals surface area contributed by atoms with Gasteiger partial charge in [-0.25, -0.2) is 0 Å². The van der Waals surface area contributed by atoms with Crippen molar-refractivity contribution in [2.45, 2.75) is 76.4 Å². The van der Waals surface area contributed by atoms with Crippen LogP contribution in [0.1, 0.15) is 64.7 Å². The summed E-state index contributed by atoms with van der Waals surface area (Å²) in [5.74, 6) is 0.800. The number of hydrogen-bond donors (Lipinski definition) is 2. The van der Waals surface area contributed by atoms with Gasteiger partial charge in [0.25, 0.3) is 0 Å². The summed E-state index contributed by atoms with van der Waals surface area (Å²) in [4.78, 5) is 0. The monoisotopic (exact) mass is 269 g/mol. The minimum absolute atomic E-state index is 0.0748. The molecule has 0 spiro atoms. The molecule has 3 nitrogen and oxygen atoms in total. The Morgan fingerprint density at radius 2 is 2.00 bits per heavy atom. The van der Waals surface area contributed by atoms with Gasteiger partial charge in [-0.2, -0.15) is 0 Å². The SMILES string of the molecule is CCCNC1(CO)CCCC(OCC2CCCC2)C1. The van der Waals surface area contributed by atoms with Crippen LogP contribution in [0, 0.1) is 5.92 Å². The van der Waals surface area contributed by atoms with Gasteiger partial charge in [-0.1, -0.05) is 19.8 Å². The van der Waals surface area contributed by atoms with Crippen molar-refractivity contribution in [3.8, 4) is 0 Å². The fourth-order valence-corrected chi connectivity index (χ4v) is 3.65. The van der Waals surface area contributed by atoms with Gasteiger partial charge < -0.3 is 15.2 Å². The first-order valence-corrected chi connectivity index (χ1v) is 8.25. The highest BCUT2D eigenvalue weighted by Crippen LogP contribution is 2.32. The van der Waals surface area contributed by atoms with E-state index >= 15 is 0 Å². The van der Waals surface area contributed by atoms with Crippen LogP contribution in [0.4, 0.5) is 0 Å². The third kappa shape index (κ3) is 4.44. The number of hydrogen-bond acceptors (Lipinski definition) is 3. The average Bonchev–Trinajstić information content (AvgIpc) is 2.97. The van der Waals surface area contributed by atoms with E-state index in [9.17, 15) is 5.11 Å². The first-order chi connectivity index (χ1) is 9.28. The molecule has 2 rings (SSSR count). The Kier molecular flexibility index (Phi) is 6.11. The first kappa shape index (κ1) is 15.3. The first-order valence-electron chi connectivity index (χ1n) is 8.25. The number of aliphatic hydroxyl groups is 1. The second kappa shape index (κ2) is 7.61. The van der Waals surface area contributed by atoms with Crippen LogP contribution in [-0.4, -0.2) is 36.5 Å². The molecule has 0 saturated heterocycles. The van der Waals surface area contributed by atoms with Crippen molar-refractivity contribution < 1.29 is 9.84 Å². The average molecular weight is 269 g/mol. The molecule has 0 heterocycles. The second-order valence-electron chi connectivity index (χ2n) is 6.57. The molecule has 0 aromatic rings. The molecule has 2 atom stereocenters. The summed E-state index contributed by atoms with van der Waals surface area (Å²) in [7, 11) is 0. The predicted octanol–water partition coefficient (Wildman–Crippen LogP) is 2.87. The molecule has 2 fully saturated rings. The molecule has 3 heteroatoms. The van der Waals surface area contributed by atoms with Gasteiger partial charge in [0.1, 0.15) is 0 Å². The summed E-state index contributed by atoms with van der Waals surface area (Å²) in [6.45, 7) is 4.36. The molecule has 112 valence electrons. The molecule has 2 saturated carbocycles. The van der Waals surface area contributed by atoms with Crippen LogP contribution in [0.3, 0.4) is 0 Å². The Morgan fingerprint density at radius 3 is 2.68 bits per heavy atom.